The van der Waals surface area contributed by atoms with Gasteiger partial charge in [-0.15, -0.1) is 0 Å². The van der Waals surface area contributed by atoms with Crippen molar-refractivity contribution in [1.82, 2.24) is 0 Å². The first-order valence-corrected chi connectivity index (χ1v) is 41.7. The molecule has 0 aliphatic heterocycles. The first-order chi connectivity index (χ1) is 48.0. The number of ether oxygens (including phenoxy) is 2. The topological polar surface area (TPSA) is 111 Å². The zero-order valence-corrected chi connectivity index (χ0v) is 64.8. The third-order valence-electron chi connectivity index (χ3n) is 17.0. The van der Waals surface area contributed by atoms with Crippen molar-refractivity contribution < 1.29 is 42.1 Å². The molecule has 0 spiro atoms. The summed E-state index contributed by atoms with van der Waals surface area (Å²) in [4.78, 5) is 38.2. The van der Waals surface area contributed by atoms with E-state index in [0.717, 1.165) is 122 Å². The molecule has 0 amide bonds. The van der Waals surface area contributed by atoms with Gasteiger partial charge in [-0.3, -0.25) is 14.2 Å². The predicted octanol–water partition coefficient (Wildman–Crippen LogP) is 26.4. The summed E-state index contributed by atoms with van der Waals surface area (Å²) in [6.45, 7) is 4.04. The van der Waals surface area contributed by atoms with Crippen LogP contribution in [0.2, 0.25) is 0 Å². The van der Waals surface area contributed by atoms with E-state index in [1.165, 1.54) is 180 Å². The van der Waals surface area contributed by atoms with E-state index < -0.39 is 26.5 Å². The summed E-state index contributed by atoms with van der Waals surface area (Å²) < 4.78 is 34.4. The van der Waals surface area contributed by atoms with E-state index in [2.05, 4.69) is 172 Å². The van der Waals surface area contributed by atoms with Gasteiger partial charge in [0.25, 0.3) is 7.82 Å². The molecule has 560 valence electrons. The lowest BCUT2D eigenvalue weighted by Gasteiger charge is -2.28. The van der Waals surface area contributed by atoms with Gasteiger partial charge in [-0.2, -0.15) is 0 Å². The Bertz CT molecular complexity index is 2220. The van der Waals surface area contributed by atoms with Crippen LogP contribution in [0.5, 0.6) is 0 Å². The largest absolute Gasteiger partial charge is 0.756 e. The second-order valence-corrected chi connectivity index (χ2v) is 29.1. The molecule has 0 bridgehead atoms. The van der Waals surface area contributed by atoms with Gasteiger partial charge in [0.2, 0.25) is 0 Å². The van der Waals surface area contributed by atoms with E-state index in [0.29, 0.717) is 17.4 Å². The molecule has 0 aliphatic rings. The number of nitrogens with zero attached hydrogens (tertiary/aromatic N) is 1. The van der Waals surface area contributed by atoms with Crippen molar-refractivity contribution in [3.05, 3.63) is 158 Å². The number of phosphoric ester groups is 1. The fourth-order valence-corrected chi connectivity index (χ4v) is 11.7. The lowest BCUT2D eigenvalue weighted by molar-refractivity contribution is -0.870. The number of carbonyl (C=O) groups is 2. The van der Waals surface area contributed by atoms with Gasteiger partial charge in [-0.1, -0.05) is 358 Å². The molecule has 98 heavy (non-hydrogen) atoms. The van der Waals surface area contributed by atoms with Crippen molar-refractivity contribution in [1.29, 1.82) is 0 Å². The van der Waals surface area contributed by atoms with E-state index in [4.69, 9.17) is 18.5 Å². The Kier molecular flexibility index (Phi) is 73.4. The number of quaternary nitrogens is 1. The highest BCUT2D eigenvalue weighted by molar-refractivity contribution is 7.45. The lowest BCUT2D eigenvalue weighted by Crippen LogP contribution is -2.37. The summed E-state index contributed by atoms with van der Waals surface area (Å²) in [6.07, 6.45) is 115. The maximum absolute atomic E-state index is 12.9. The maximum Gasteiger partial charge on any atom is 0.306 e. The van der Waals surface area contributed by atoms with Crippen LogP contribution in [0.4, 0.5) is 0 Å². The molecule has 0 aromatic carbocycles. The summed E-state index contributed by atoms with van der Waals surface area (Å²) >= 11 is 0. The van der Waals surface area contributed by atoms with Crippen LogP contribution in [0, 0.1) is 0 Å². The van der Waals surface area contributed by atoms with Crippen LogP contribution in [0.15, 0.2) is 158 Å². The number of unbranched alkanes of at least 4 members (excludes halogenated alkanes) is 33. The molecule has 0 heterocycles. The smallest absolute Gasteiger partial charge is 0.306 e. The van der Waals surface area contributed by atoms with E-state index in [1.54, 1.807) is 0 Å². The van der Waals surface area contributed by atoms with Crippen molar-refractivity contribution in [3.63, 3.8) is 0 Å². The lowest BCUT2D eigenvalue weighted by atomic mass is 10.0. The Hall–Kier alpha value is -4.37. The standard InChI is InChI=1S/C88H150NO8P/c1-6-8-10-12-14-16-18-20-22-24-26-28-30-32-34-36-38-40-41-42-43-44-45-46-47-49-51-53-55-57-59-61-63-65-67-69-71-73-75-77-79-81-88(91)97-86(85-96-98(92,93)95-83-82-89(3,4)5)84-94-87(90)80-78-76-74-72-70-68-66-64-62-60-58-56-54-52-50-48-39-37-35-33-31-29-27-25-23-21-19-17-15-13-11-9-7-2/h8-11,14-17,20-23,26-29,32-35,38,40,42-43,45-46,86H,6-7,12-13,18-19,24-25,30-31,36-37,39,41,44,47-85H2,1-5H3/b10-8-,11-9-,16-14-,17-15-,22-20-,23-21-,28-26-,29-27-,34-32-,35-33-,40-38-,43-42-,46-45-. The molecule has 0 saturated carbocycles. The van der Waals surface area contributed by atoms with Crippen LogP contribution in [0.25, 0.3) is 0 Å². The van der Waals surface area contributed by atoms with Crippen LogP contribution in [0.3, 0.4) is 0 Å². The molecule has 0 aliphatic carbocycles. The Morgan fingerprint density at radius 3 is 0.816 bits per heavy atom. The molecule has 0 radical (unpaired) electrons. The highest BCUT2D eigenvalue weighted by Gasteiger charge is 2.22. The molecule has 0 aromatic heterocycles. The average Bonchev–Trinajstić information content (AvgIpc) is 1.08. The second kappa shape index (κ2) is 76.8. The van der Waals surface area contributed by atoms with Crippen LogP contribution < -0.4 is 4.89 Å². The highest BCUT2D eigenvalue weighted by Crippen LogP contribution is 2.38. The molecule has 0 aromatic rings. The molecule has 2 atom stereocenters. The Labute approximate surface area is 605 Å². The Morgan fingerprint density at radius 2 is 0.551 bits per heavy atom. The number of likely N-dealkylation sites (N-methyl/N-ethyl adjacent to an activating group) is 1. The van der Waals surface area contributed by atoms with Crippen molar-refractivity contribution in [2.75, 3.05) is 47.5 Å². The van der Waals surface area contributed by atoms with Gasteiger partial charge < -0.3 is 27.9 Å². The SMILES string of the molecule is CC/C=C\C/C=C\C/C=C\C/C=C\C/C=C\C/C=C\C/C=C\C/C=C\CCCCCCCCCCCCCCCCCCC(=O)OC(COC(=O)CCCCCCCCCCCCCCCCCCC/C=C\C/C=C\C/C=C\C/C=C\C/C=C\CC)COP(=O)([O-])OCC[N+](C)(C)C. The fraction of sp³-hybridized carbons (Fsp3) is 0.682. The molecule has 10 heteroatoms. The summed E-state index contributed by atoms with van der Waals surface area (Å²) in [7, 11) is 1.17. The third kappa shape index (κ3) is 80.6. The van der Waals surface area contributed by atoms with E-state index in [-0.39, 0.29) is 32.0 Å². The number of esters is 2. The minimum absolute atomic E-state index is 0.0348. The van der Waals surface area contributed by atoms with Crippen molar-refractivity contribution in [2.24, 2.45) is 0 Å². The van der Waals surface area contributed by atoms with E-state index in [9.17, 15) is 19.0 Å². The zero-order valence-electron chi connectivity index (χ0n) is 63.9. The predicted molar refractivity (Wildman–Crippen MR) is 424 cm³/mol. The van der Waals surface area contributed by atoms with E-state index in [1.807, 2.05) is 21.1 Å². The summed E-state index contributed by atoms with van der Waals surface area (Å²) in [5, 5.41) is 0. The van der Waals surface area contributed by atoms with E-state index >= 15 is 0 Å². The number of rotatable bonds is 73. The molecule has 0 saturated heterocycles. The molecule has 0 N–H and O–H groups in total. The van der Waals surface area contributed by atoms with Gasteiger partial charge in [0, 0.05) is 12.8 Å². The normalized spacial score (nSPS) is 13.9. The Balaban J connectivity index is 3.98. The molecular weight excluding hydrogens is 1230 g/mol. The van der Waals surface area contributed by atoms with Gasteiger partial charge in [0.1, 0.15) is 19.8 Å². The first kappa shape index (κ1) is 93.6. The average molecular weight is 1380 g/mol. The van der Waals surface area contributed by atoms with Gasteiger partial charge in [0.15, 0.2) is 6.10 Å². The number of carbonyl (C=O) groups excluding carboxylic acids is 2. The van der Waals surface area contributed by atoms with Crippen molar-refractivity contribution in [3.8, 4) is 0 Å². The zero-order chi connectivity index (χ0) is 71.1. The van der Waals surface area contributed by atoms with Crippen molar-refractivity contribution >= 4 is 19.8 Å². The molecule has 0 rings (SSSR count). The van der Waals surface area contributed by atoms with Gasteiger partial charge in [-0.25, -0.2) is 0 Å². The number of phosphoric acid groups is 1. The summed E-state index contributed by atoms with van der Waals surface area (Å²) in [5.41, 5.74) is 0. The number of hydrogen-bond acceptors (Lipinski definition) is 8. The molecule has 2 unspecified atom stereocenters. The van der Waals surface area contributed by atoms with Gasteiger partial charge >= 0.3 is 11.9 Å². The third-order valence-corrected chi connectivity index (χ3v) is 18.0. The minimum Gasteiger partial charge on any atom is -0.756 e. The van der Waals surface area contributed by atoms with Crippen molar-refractivity contribution in [2.45, 2.75) is 341 Å². The van der Waals surface area contributed by atoms with Crippen LogP contribution in [-0.4, -0.2) is 70.0 Å². The molecule has 9 nitrogen and oxygen atoms in total. The van der Waals surface area contributed by atoms with Gasteiger partial charge in [-0.05, 0) is 122 Å². The minimum atomic E-state index is -4.65. The molecule has 0 fully saturated rings. The van der Waals surface area contributed by atoms with Gasteiger partial charge in [0.05, 0.1) is 27.7 Å². The van der Waals surface area contributed by atoms with Crippen LogP contribution in [-0.2, 0) is 32.7 Å². The fourth-order valence-electron chi connectivity index (χ4n) is 11.0. The number of hydrogen-bond donors (Lipinski definition) is 0. The second-order valence-electron chi connectivity index (χ2n) is 27.7. The monoisotopic (exact) mass is 1380 g/mol. The molecular formula is C88H150NO8P. The van der Waals surface area contributed by atoms with Crippen LogP contribution in [0.1, 0.15) is 335 Å². The quantitative estimate of drug-likeness (QED) is 0.0195. The number of allylic oxidation sites excluding steroid dienone is 26. The highest BCUT2D eigenvalue weighted by atomic mass is 31.2. The maximum atomic E-state index is 12.9. The van der Waals surface area contributed by atoms with Crippen LogP contribution >= 0.6 is 7.82 Å². The Morgan fingerprint density at radius 1 is 0.316 bits per heavy atom. The first-order valence-electron chi connectivity index (χ1n) is 40.2. The summed E-state index contributed by atoms with van der Waals surface area (Å²) in [5.74, 6) is -0.827. The summed E-state index contributed by atoms with van der Waals surface area (Å²) in [6, 6.07) is 0.